The molecule has 16 nitrogen and oxygen atoms in total. The molecule has 0 radical (unpaired) electrons. The lowest BCUT2D eigenvalue weighted by Crippen LogP contribution is -2.64. The SMILES string of the molecule is C[C@@H](Oc1ccc2[nH]nc(-c3ccc(N4CC5(CCCN(C(=O)C6CCN(C(=O)CN7CCN(c8ccc(N9CCC(=O)NC9=O)cc8)CC7)CC6)C5)C4)nc3)c2c1)c1c(Cl)cncc1Cl. The van der Waals surface area contributed by atoms with Gasteiger partial charge in [-0.05, 0) is 87.2 Å². The van der Waals surface area contributed by atoms with Crippen LogP contribution in [-0.2, 0) is 14.4 Å². The van der Waals surface area contributed by atoms with Gasteiger partial charge in [-0.15, -0.1) is 0 Å². The van der Waals surface area contributed by atoms with Crippen molar-refractivity contribution in [1.29, 1.82) is 0 Å². The number of pyridine rings is 2. The minimum atomic E-state index is -0.397. The maximum absolute atomic E-state index is 13.9. The third kappa shape index (κ3) is 8.97. The fraction of sp³-hybridized carbons (Fsp3) is 0.438. The molecule has 2 N–H and O–H groups in total. The highest BCUT2D eigenvalue weighted by atomic mass is 35.5. The summed E-state index contributed by atoms with van der Waals surface area (Å²) < 4.78 is 6.27. The number of carbonyl (C=O) groups is 4. The van der Waals surface area contributed by atoms with Crippen LogP contribution >= 0.6 is 23.2 Å². The molecular weight excluding hydrogens is 882 g/mol. The van der Waals surface area contributed by atoms with Crippen molar-refractivity contribution in [2.24, 2.45) is 11.3 Å². The first-order valence-electron chi connectivity index (χ1n) is 22.9. The summed E-state index contributed by atoms with van der Waals surface area (Å²) in [6.45, 7) is 10.3. The van der Waals surface area contributed by atoms with E-state index in [1.165, 1.54) is 0 Å². The van der Waals surface area contributed by atoms with E-state index < -0.39 is 6.10 Å². The number of nitrogens with zero attached hydrogens (tertiary/aromatic N) is 9. The number of H-pyrrole nitrogens is 1. The van der Waals surface area contributed by atoms with Gasteiger partial charge in [-0.1, -0.05) is 23.2 Å². The average Bonchev–Trinajstić information content (AvgIpc) is 3.74. The number of benzene rings is 2. The number of amides is 5. The summed E-state index contributed by atoms with van der Waals surface area (Å²) in [5.41, 5.74) is 5.11. The van der Waals surface area contributed by atoms with E-state index >= 15 is 0 Å². The van der Waals surface area contributed by atoms with E-state index in [1.54, 1.807) is 17.3 Å². The van der Waals surface area contributed by atoms with Gasteiger partial charge in [0.15, 0.2) is 0 Å². The number of likely N-dealkylation sites (tertiary alicyclic amines) is 2. The maximum atomic E-state index is 13.9. The molecule has 0 bridgehead atoms. The van der Waals surface area contributed by atoms with Gasteiger partial charge in [-0.25, -0.2) is 9.78 Å². The van der Waals surface area contributed by atoms with Crippen molar-refractivity contribution >= 4 is 75.1 Å². The van der Waals surface area contributed by atoms with E-state index in [0.29, 0.717) is 60.4 Å². The molecule has 8 heterocycles. The second-order valence-electron chi connectivity index (χ2n) is 18.4. The summed E-state index contributed by atoms with van der Waals surface area (Å²) >= 11 is 12.8. The van der Waals surface area contributed by atoms with Crippen LogP contribution in [-0.4, -0.2) is 137 Å². The Hall–Kier alpha value is -5.97. The van der Waals surface area contributed by atoms with Gasteiger partial charge in [-0.2, -0.15) is 5.10 Å². The van der Waals surface area contributed by atoms with Crippen LogP contribution in [0.3, 0.4) is 0 Å². The van der Waals surface area contributed by atoms with Crippen LogP contribution in [0.25, 0.3) is 22.2 Å². The van der Waals surface area contributed by atoms with Crippen LogP contribution < -0.4 is 24.8 Å². The van der Waals surface area contributed by atoms with Gasteiger partial charge >= 0.3 is 6.03 Å². The molecule has 0 unspecified atom stereocenters. The first-order valence-corrected chi connectivity index (χ1v) is 23.7. The largest absolute Gasteiger partial charge is 0.486 e. The quantitative estimate of drug-likeness (QED) is 0.159. The molecule has 5 amide bonds. The van der Waals surface area contributed by atoms with Gasteiger partial charge in [0, 0.05) is 136 Å². The lowest BCUT2D eigenvalue weighted by Gasteiger charge is -2.55. The summed E-state index contributed by atoms with van der Waals surface area (Å²) in [6.07, 6.45) is 8.35. The molecule has 5 aromatic rings. The number of hydrogen-bond donors (Lipinski definition) is 2. The van der Waals surface area contributed by atoms with Crippen molar-refractivity contribution in [3.8, 4) is 17.0 Å². The third-order valence-corrected chi connectivity index (χ3v) is 14.6. The Labute approximate surface area is 393 Å². The van der Waals surface area contributed by atoms with Crippen molar-refractivity contribution in [3.63, 3.8) is 0 Å². The number of ether oxygens (including phenoxy) is 1. The molecule has 5 fully saturated rings. The third-order valence-electron chi connectivity index (χ3n) is 14.0. The molecule has 0 saturated carbocycles. The number of anilines is 3. The molecule has 5 aliphatic heterocycles. The number of halogens is 2. The highest BCUT2D eigenvalue weighted by Gasteiger charge is 2.48. The first kappa shape index (κ1) is 43.9. The van der Waals surface area contributed by atoms with Crippen LogP contribution in [0.4, 0.5) is 22.0 Å². The normalized spacial score (nSPS) is 19.8. The van der Waals surface area contributed by atoms with E-state index in [1.807, 2.05) is 66.6 Å². The number of urea groups is 1. The predicted octanol–water partition coefficient (Wildman–Crippen LogP) is 6.40. The molecule has 5 saturated heterocycles. The number of aromatic amines is 1. The number of fused-ring (bicyclic) bond motifs is 1. The zero-order chi connectivity index (χ0) is 45.5. The lowest BCUT2D eigenvalue weighted by atomic mass is 9.73. The van der Waals surface area contributed by atoms with Crippen molar-refractivity contribution < 1.29 is 23.9 Å². The maximum Gasteiger partial charge on any atom is 0.328 e. The summed E-state index contributed by atoms with van der Waals surface area (Å²) in [6, 6.07) is 17.3. The zero-order valence-corrected chi connectivity index (χ0v) is 38.4. The standard InChI is InChI=1S/C48H53Cl2N11O5/c1-31(44-38(49)25-51-26-39(44)50)66-36-8-9-40-37(23-36)45(55-54-40)33-3-10-41(52-24-33)60-29-48(30-60)14-2-15-59(28-48)46(64)32-11-16-58(17-12-32)43(63)27-56-19-21-57(22-20-56)34-4-6-35(7-5-34)61-18-13-42(62)53-47(61)65/h3-10,23-26,31-32H,2,11-22,27-30H2,1H3,(H,54,55)(H,53,62,65)/t31-/m1/s1. The van der Waals surface area contributed by atoms with Crippen LogP contribution in [0.2, 0.25) is 10.0 Å². The molecule has 18 heteroatoms. The van der Waals surface area contributed by atoms with Gasteiger partial charge in [0.1, 0.15) is 23.4 Å². The molecule has 2 aromatic carbocycles. The Balaban J connectivity index is 0.671. The van der Waals surface area contributed by atoms with Crippen LogP contribution in [0.15, 0.2) is 73.2 Å². The van der Waals surface area contributed by atoms with Crippen molar-refractivity contribution in [2.45, 2.75) is 45.1 Å². The summed E-state index contributed by atoms with van der Waals surface area (Å²) in [7, 11) is 0. The van der Waals surface area contributed by atoms with Crippen molar-refractivity contribution in [2.75, 3.05) is 93.2 Å². The smallest absolute Gasteiger partial charge is 0.328 e. The van der Waals surface area contributed by atoms with Crippen molar-refractivity contribution in [3.05, 3.63) is 88.8 Å². The molecule has 66 heavy (non-hydrogen) atoms. The fourth-order valence-electron chi connectivity index (χ4n) is 10.4. The zero-order valence-electron chi connectivity index (χ0n) is 36.9. The Morgan fingerprint density at radius 2 is 1.58 bits per heavy atom. The molecule has 1 spiro atoms. The summed E-state index contributed by atoms with van der Waals surface area (Å²) in [5.74, 6) is 1.63. The Bertz CT molecular complexity index is 2600. The predicted molar refractivity (Wildman–Crippen MR) is 253 cm³/mol. The fourth-order valence-corrected chi connectivity index (χ4v) is 11.1. The number of carbonyl (C=O) groups excluding carboxylic acids is 4. The lowest BCUT2D eigenvalue weighted by molar-refractivity contribution is -0.144. The number of aromatic nitrogens is 4. The highest BCUT2D eigenvalue weighted by molar-refractivity contribution is 6.35. The average molecular weight is 935 g/mol. The van der Waals surface area contributed by atoms with Gasteiger partial charge in [-0.3, -0.25) is 39.6 Å². The number of piperazine rings is 1. The second kappa shape index (κ2) is 18.4. The van der Waals surface area contributed by atoms with E-state index in [-0.39, 0.29) is 41.5 Å². The highest BCUT2D eigenvalue weighted by Crippen LogP contribution is 2.42. The van der Waals surface area contributed by atoms with E-state index in [2.05, 4.69) is 46.2 Å². The van der Waals surface area contributed by atoms with Gasteiger partial charge < -0.3 is 24.3 Å². The number of imide groups is 1. The van der Waals surface area contributed by atoms with Gasteiger partial charge in [0.25, 0.3) is 0 Å². The molecule has 10 rings (SSSR count). The molecule has 0 aliphatic carbocycles. The van der Waals surface area contributed by atoms with Crippen LogP contribution in [0, 0.1) is 11.3 Å². The van der Waals surface area contributed by atoms with Crippen molar-refractivity contribution in [1.82, 2.24) is 40.2 Å². The topological polar surface area (TPSA) is 163 Å². The Morgan fingerprint density at radius 1 is 0.833 bits per heavy atom. The minimum absolute atomic E-state index is 0.0566. The van der Waals surface area contributed by atoms with Crippen LogP contribution in [0.1, 0.15) is 50.7 Å². The minimum Gasteiger partial charge on any atom is -0.486 e. The Kier molecular flexibility index (Phi) is 12.2. The van der Waals surface area contributed by atoms with Gasteiger partial charge in [0.2, 0.25) is 17.7 Å². The molecular formula is C48H53Cl2N11O5. The Morgan fingerprint density at radius 3 is 2.29 bits per heavy atom. The number of rotatable bonds is 10. The molecule has 5 aliphatic rings. The van der Waals surface area contributed by atoms with E-state index in [9.17, 15) is 19.2 Å². The molecule has 1 atom stereocenters. The van der Waals surface area contributed by atoms with E-state index in [4.69, 9.17) is 32.9 Å². The number of piperidine rings is 2. The summed E-state index contributed by atoms with van der Waals surface area (Å²) in [4.78, 5) is 72.5. The molecule has 344 valence electrons. The van der Waals surface area contributed by atoms with Gasteiger partial charge in [0.05, 0.1) is 22.1 Å². The van der Waals surface area contributed by atoms with Crippen LogP contribution in [0.5, 0.6) is 5.75 Å². The van der Waals surface area contributed by atoms with E-state index in [0.717, 1.165) is 105 Å². The second-order valence-corrected chi connectivity index (χ2v) is 19.2. The molecule has 3 aromatic heterocycles. The monoisotopic (exact) mass is 933 g/mol. The number of nitrogens with one attached hydrogen (secondary N) is 2. The number of hydrogen-bond acceptors (Lipinski definition) is 11. The first-order chi connectivity index (χ1) is 32.0. The summed E-state index contributed by atoms with van der Waals surface area (Å²) in [5, 5.41) is 11.9.